The summed E-state index contributed by atoms with van der Waals surface area (Å²) >= 11 is 0. The van der Waals surface area contributed by atoms with Crippen molar-refractivity contribution in [1.29, 1.82) is 0 Å². The molecule has 0 bridgehead atoms. The Labute approximate surface area is 103 Å². The highest BCUT2D eigenvalue weighted by Gasteiger charge is 2.31. The molecule has 0 N–H and O–H groups in total. The van der Waals surface area contributed by atoms with E-state index in [1.807, 2.05) is 25.1 Å². The summed E-state index contributed by atoms with van der Waals surface area (Å²) in [4.78, 5) is 12.3. The number of aryl methyl sites for hydroxylation is 1. The highest BCUT2D eigenvalue weighted by molar-refractivity contribution is 5.98. The molecule has 1 heterocycles. The number of hydrogen-bond acceptors (Lipinski definition) is 2. The van der Waals surface area contributed by atoms with E-state index >= 15 is 0 Å². The van der Waals surface area contributed by atoms with Crippen LogP contribution in [0.4, 0.5) is 0 Å². The van der Waals surface area contributed by atoms with E-state index in [1.54, 1.807) is 0 Å². The van der Waals surface area contributed by atoms with Crippen molar-refractivity contribution in [2.75, 3.05) is 6.61 Å². The number of benzene rings is 1. The van der Waals surface area contributed by atoms with Crippen LogP contribution in [-0.4, -0.2) is 18.5 Å². The van der Waals surface area contributed by atoms with Gasteiger partial charge in [-0.05, 0) is 31.4 Å². The molecule has 1 saturated heterocycles. The van der Waals surface area contributed by atoms with E-state index in [1.165, 1.54) is 5.56 Å². The van der Waals surface area contributed by atoms with Crippen LogP contribution in [-0.2, 0) is 11.2 Å². The number of ketones is 1. The minimum atomic E-state index is 0.0480. The second-order valence-electron chi connectivity index (χ2n) is 4.79. The second-order valence-corrected chi connectivity index (χ2v) is 4.79. The van der Waals surface area contributed by atoms with Crippen LogP contribution in [0.25, 0.3) is 0 Å². The van der Waals surface area contributed by atoms with Crippen molar-refractivity contribution < 1.29 is 9.53 Å². The molecule has 2 atom stereocenters. The van der Waals surface area contributed by atoms with E-state index in [0.717, 1.165) is 24.8 Å². The highest BCUT2D eigenvalue weighted by atomic mass is 16.5. The molecule has 0 spiro atoms. The predicted molar refractivity (Wildman–Crippen MR) is 68.3 cm³/mol. The number of carbonyl (C=O) groups excluding carboxylic acids is 1. The van der Waals surface area contributed by atoms with Crippen LogP contribution in [0.3, 0.4) is 0 Å². The molecule has 92 valence electrons. The number of ether oxygens (including phenoxy) is 1. The molecule has 0 aromatic heterocycles. The highest BCUT2D eigenvalue weighted by Crippen LogP contribution is 2.25. The fraction of sp³-hybridized carbons (Fsp3) is 0.533. The van der Waals surface area contributed by atoms with Gasteiger partial charge in [-0.2, -0.15) is 0 Å². The van der Waals surface area contributed by atoms with Crippen LogP contribution in [0, 0.1) is 5.92 Å². The molecule has 0 saturated carbocycles. The predicted octanol–water partition coefficient (Wildman–Crippen LogP) is 3.25. The number of hydrogen-bond donors (Lipinski definition) is 0. The zero-order chi connectivity index (χ0) is 12.3. The summed E-state index contributed by atoms with van der Waals surface area (Å²) in [6.07, 6.45) is 3.08. The Morgan fingerprint density at radius 3 is 2.94 bits per heavy atom. The summed E-state index contributed by atoms with van der Waals surface area (Å²) in [5.41, 5.74) is 2.10. The molecular weight excluding hydrogens is 212 g/mol. The Bertz CT molecular complexity index is 398. The normalized spacial score (nSPS) is 23.9. The molecule has 1 aliphatic heterocycles. The minimum absolute atomic E-state index is 0.0480. The molecule has 17 heavy (non-hydrogen) atoms. The summed E-state index contributed by atoms with van der Waals surface area (Å²) in [5.74, 6) is 0.292. The Kier molecular flexibility index (Phi) is 3.95. The lowest BCUT2D eigenvalue weighted by atomic mass is 9.91. The van der Waals surface area contributed by atoms with Gasteiger partial charge in [-0.25, -0.2) is 0 Å². The molecular formula is C15H20O2. The molecule has 1 aliphatic rings. The van der Waals surface area contributed by atoms with Crippen LogP contribution in [0.2, 0.25) is 0 Å². The van der Waals surface area contributed by atoms with Crippen LogP contribution in [0.1, 0.15) is 42.6 Å². The molecule has 1 aromatic carbocycles. The third-order valence-electron chi connectivity index (χ3n) is 3.46. The fourth-order valence-corrected chi connectivity index (χ4v) is 2.46. The van der Waals surface area contributed by atoms with E-state index in [2.05, 4.69) is 13.0 Å². The van der Waals surface area contributed by atoms with E-state index in [4.69, 9.17) is 4.74 Å². The van der Waals surface area contributed by atoms with E-state index in [-0.39, 0.29) is 17.8 Å². The SMILES string of the molecule is CCCc1cccc(C(=O)C2CCOC2C)c1. The molecule has 1 aromatic rings. The van der Waals surface area contributed by atoms with Gasteiger partial charge in [0.1, 0.15) is 0 Å². The first-order chi connectivity index (χ1) is 8.22. The molecule has 0 amide bonds. The molecule has 2 nitrogen and oxygen atoms in total. The lowest BCUT2D eigenvalue weighted by Gasteiger charge is -2.13. The standard InChI is InChI=1S/C15H20O2/c1-3-5-12-6-4-7-13(10-12)15(16)14-8-9-17-11(14)2/h4,6-7,10-11,14H,3,5,8-9H2,1-2H3. The maximum atomic E-state index is 12.3. The smallest absolute Gasteiger partial charge is 0.168 e. The molecule has 0 aliphatic carbocycles. The fourth-order valence-electron chi connectivity index (χ4n) is 2.46. The lowest BCUT2D eigenvalue weighted by molar-refractivity contribution is 0.0764. The second kappa shape index (κ2) is 5.46. The van der Waals surface area contributed by atoms with Gasteiger partial charge in [0.05, 0.1) is 12.0 Å². The Morgan fingerprint density at radius 1 is 1.47 bits per heavy atom. The van der Waals surface area contributed by atoms with Gasteiger partial charge in [0.15, 0.2) is 5.78 Å². The summed E-state index contributed by atoms with van der Waals surface area (Å²) in [5, 5.41) is 0. The Balaban J connectivity index is 2.15. The van der Waals surface area contributed by atoms with Gasteiger partial charge in [-0.3, -0.25) is 4.79 Å². The van der Waals surface area contributed by atoms with Gasteiger partial charge < -0.3 is 4.74 Å². The first kappa shape index (κ1) is 12.3. The van der Waals surface area contributed by atoms with Crippen molar-refractivity contribution in [1.82, 2.24) is 0 Å². The first-order valence-electron chi connectivity index (χ1n) is 6.47. The summed E-state index contributed by atoms with van der Waals surface area (Å²) < 4.78 is 5.46. The molecule has 2 rings (SSSR count). The Hall–Kier alpha value is -1.15. The minimum Gasteiger partial charge on any atom is -0.378 e. The average Bonchev–Trinajstić information content (AvgIpc) is 2.75. The van der Waals surface area contributed by atoms with Gasteiger partial charge in [0.25, 0.3) is 0 Å². The van der Waals surface area contributed by atoms with Crippen molar-refractivity contribution >= 4 is 5.78 Å². The van der Waals surface area contributed by atoms with Crippen molar-refractivity contribution in [2.45, 2.75) is 39.2 Å². The van der Waals surface area contributed by atoms with Crippen molar-refractivity contribution in [3.05, 3.63) is 35.4 Å². The zero-order valence-corrected chi connectivity index (χ0v) is 10.6. The lowest BCUT2D eigenvalue weighted by Crippen LogP contribution is -2.21. The van der Waals surface area contributed by atoms with Gasteiger partial charge in [0, 0.05) is 12.2 Å². The summed E-state index contributed by atoms with van der Waals surface area (Å²) in [6.45, 7) is 4.86. The number of carbonyl (C=O) groups is 1. The largest absolute Gasteiger partial charge is 0.378 e. The maximum Gasteiger partial charge on any atom is 0.168 e. The molecule has 1 fully saturated rings. The zero-order valence-electron chi connectivity index (χ0n) is 10.6. The van der Waals surface area contributed by atoms with Gasteiger partial charge in [-0.15, -0.1) is 0 Å². The van der Waals surface area contributed by atoms with Crippen LogP contribution in [0.15, 0.2) is 24.3 Å². The topological polar surface area (TPSA) is 26.3 Å². The van der Waals surface area contributed by atoms with E-state index in [9.17, 15) is 4.79 Å². The van der Waals surface area contributed by atoms with Crippen LogP contribution in [0.5, 0.6) is 0 Å². The van der Waals surface area contributed by atoms with Gasteiger partial charge in [0.2, 0.25) is 0 Å². The van der Waals surface area contributed by atoms with E-state index in [0.29, 0.717) is 6.61 Å². The first-order valence-corrected chi connectivity index (χ1v) is 6.47. The van der Waals surface area contributed by atoms with Crippen LogP contribution >= 0.6 is 0 Å². The monoisotopic (exact) mass is 232 g/mol. The third kappa shape index (κ3) is 2.75. The average molecular weight is 232 g/mol. The maximum absolute atomic E-state index is 12.3. The number of rotatable bonds is 4. The molecule has 2 unspecified atom stereocenters. The number of Topliss-reactive ketones (excluding diaryl/α,β-unsaturated/α-hetero) is 1. The van der Waals surface area contributed by atoms with Crippen molar-refractivity contribution in [3.63, 3.8) is 0 Å². The van der Waals surface area contributed by atoms with Gasteiger partial charge in [-0.1, -0.05) is 31.5 Å². The van der Waals surface area contributed by atoms with Crippen molar-refractivity contribution in [2.24, 2.45) is 5.92 Å². The summed E-state index contributed by atoms with van der Waals surface area (Å²) in [6, 6.07) is 8.04. The van der Waals surface area contributed by atoms with Crippen molar-refractivity contribution in [3.8, 4) is 0 Å². The quantitative estimate of drug-likeness (QED) is 0.745. The van der Waals surface area contributed by atoms with Gasteiger partial charge >= 0.3 is 0 Å². The Morgan fingerprint density at radius 2 is 2.29 bits per heavy atom. The molecule has 0 radical (unpaired) electrons. The van der Waals surface area contributed by atoms with E-state index < -0.39 is 0 Å². The third-order valence-corrected chi connectivity index (χ3v) is 3.46. The summed E-state index contributed by atoms with van der Waals surface area (Å²) in [7, 11) is 0. The van der Waals surface area contributed by atoms with Crippen LogP contribution < -0.4 is 0 Å². The molecule has 2 heteroatoms.